The van der Waals surface area contributed by atoms with Crippen LogP contribution in [-0.2, 0) is 0 Å². The smallest absolute Gasteiger partial charge is 0.257 e. The first-order valence-corrected chi connectivity index (χ1v) is 6.18. The van der Waals surface area contributed by atoms with Crippen molar-refractivity contribution < 1.29 is 18.0 Å². The number of amides is 1. The number of halogens is 3. The summed E-state index contributed by atoms with van der Waals surface area (Å²) in [6, 6.07) is 0.843. The van der Waals surface area contributed by atoms with Gasteiger partial charge in [-0.2, -0.15) is 0 Å². The van der Waals surface area contributed by atoms with Crippen LogP contribution in [0.25, 0.3) is 0 Å². The molecule has 0 spiro atoms. The Hall–Kier alpha value is -1.56. The molecule has 1 heterocycles. The molecule has 0 radical (unpaired) electrons. The minimum atomic E-state index is -1.19. The quantitative estimate of drug-likeness (QED) is 0.864. The number of hydrogen-bond acceptors (Lipinski definition) is 2. The summed E-state index contributed by atoms with van der Waals surface area (Å²) < 4.78 is 39.7. The molecule has 1 aliphatic rings. The molecule has 0 aliphatic carbocycles. The van der Waals surface area contributed by atoms with E-state index in [1.807, 2.05) is 6.92 Å². The van der Waals surface area contributed by atoms with Gasteiger partial charge in [-0.3, -0.25) is 4.79 Å². The fraction of sp³-hybridized carbons (Fsp3) is 0.462. The zero-order valence-electron chi connectivity index (χ0n) is 10.5. The largest absolute Gasteiger partial charge is 0.348 e. The first-order chi connectivity index (χ1) is 8.99. The first-order valence-electron chi connectivity index (χ1n) is 6.18. The highest BCUT2D eigenvalue weighted by atomic mass is 19.1. The zero-order chi connectivity index (χ0) is 14.0. The van der Waals surface area contributed by atoms with E-state index in [2.05, 4.69) is 10.6 Å². The Morgan fingerprint density at radius 1 is 1.32 bits per heavy atom. The second kappa shape index (κ2) is 5.61. The summed E-state index contributed by atoms with van der Waals surface area (Å²) in [4.78, 5) is 11.9. The van der Waals surface area contributed by atoms with Crippen molar-refractivity contribution in [1.29, 1.82) is 0 Å². The van der Waals surface area contributed by atoms with E-state index in [9.17, 15) is 18.0 Å². The number of carbonyl (C=O) groups is 1. The second-order valence-electron chi connectivity index (χ2n) is 4.71. The van der Waals surface area contributed by atoms with Crippen LogP contribution >= 0.6 is 0 Å². The molecule has 1 aliphatic heterocycles. The number of rotatable bonds is 2. The number of piperidine rings is 1. The first kappa shape index (κ1) is 13.9. The monoisotopic (exact) mass is 272 g/mol. The average Bonchev–Trinajstić information content (AvgIpc) is 2.30. The molecule has 19 heavy (non-hydrogen) atoms. The highest BCUT2D eigenvalue weighted by Crippen LogP contribution is 2.16. The van der Waals surface area contributed by atoms with Crippen LogP contribution in [0.5, 0.6) is 0 Å². The van der Waals surface area contributed by atoms with E-state index in [1.165, 1.54) is 0 Å². The lowest BCUT2D eigenvalue weighted by molar-refractivity contribution is 0.0911. The molecule has 1 saturated heterocycles. The maximum absolute atomic E-state index is 13.5. The van der Waals surface area contributed by atoms with Crippen LogP contribution in [0.15, 0.2) is 12.1 Å². The highest BCUT2D eigenvalue weighted by molar-refractivity contribution is 5.95. The SMILES string of the molecule is C[C@H]1NCCC[C@H]1NC(=O)c1c(F)cc(F)cc1F. The van der Waals surface area contributed by atoms with Gasteiger partial charge in [-0.05, 0) is 26.3 Å². The molecule has 1 aromatic rings. The lowest BCUT2D eigenvalue weighted by Gasteiger charge is -2.30. The van der Waals surface area contributed by atoms with Crippen LogP contribution in [0.4, 0.5) is 13.2 Å². The number of carbonyl (C=O) groups excluding carboxylic acids is 1. The third kappa shape index (κ3) is 3.07. The van der Waals surface area contributed by atoms with Gasteiger partial charge >= 0.3 is 0 Å². The summed E-state index contributed by atoms with van der Waals surface area (Å²) in [6.07, 6.45) is 1.62. The molecule has 2 atom stereocenters. The van der Waals surface area contributed by atoms with Crippen molar-refractivity contribution in [1.82, 2.24) is 10.6 Å². The molecule has 3 nitrogen and oxygen atoms in total. The van der Waals surface area contributed by atoms with E-state index in [4.69, 9.17) is 0 Å². The number of hydrogen-bond donors (Lipinski definition) is 2. The third-order valence-corrected chi connectivity index (χ3v) is 3.31. The van der Waals surface area contributed by atoms with Gasteiger partial charge in [0.05, 0.1) is 0 Å². The fourth-order valence-electron chi connectivity index (χ4n) is 2.24. The van der Waals surface area contributed by atoms with E-state index in [-0.39, 0.29) is 12.1 Å². The molecular weight excluding hydrogens is 257 g/mol. The molecule has 0 saturated carbocycles. The lowest BCUT2D eigenvalue weighted by atomic mass is 9.99. The van der Waals surface area contributed by atoms with Crippen molar-refractivity contribution in [3.05, 3.63) is 35.1 Å². The molecule has 1 aromatic carbocycles. The minimum absolute atomic E-state index is 0.0317. The predicted octanol–water partition coefficient (Wildman–Crippen LogP) is 1.97. The van der Waals surface area contributed by atoms with E-state index in [0.717, 1.165) is 19.4 Å². The van der Waals surface area contributed by atoms with Crippen LogP contribution in [-0.4, -0.2) is 24.5 Å². The van der Waals surface area contributed by atoms with Crippen LogP contribution in [0.3, 0.4) is 0 Å². The van der Waals surface area contributed by atoms with Crippen LogP contribution in [0.1, 0.15) is 30.1 Å². The molecule has 2 N–H and O–H groups in total. The van der Waals surface area contributed by atoms with Gasteiger partial charge in [-0.15, -0.1) is 0 Å². The minimum Gasteiger partial charge on any atom is -0.348 e. The maximum Gasteiger partial charge on any atom is 0.257 e. The normalized spacial score (nSPS) is 23.2. The zero-order valence-corrected chi connectivity index (χ0v) is 10.5. The molecule has 1 fully saturated rings. The summed E-state index contributed by atoms with van der Waals surface area (Å²) in [5.41, 5.74) is -0.737. The Balaban J connectivity index is 2.16. The molecule has 1 amide bonds. The standard InChI is InChI=1S/C13H15F3N2O/c1-7-11(3-2-4-17-7)18-13(19)12-9(15)5-8(14)6-10(12)16/h5-7,11,17H,2-4H2,1H3,(H,18,19)/t7-,11-/m1/s1. The Labute approximate surface area is 109 Å². The Bertz CT molecular complexity index is 470. The lowest BCUT2D eigenvalue weighted by Crippen LogP contribution is -2.52. The summed E-state index contributed by atoms with van der Waals surface area (Å²) in [6.45, 7) is 2.74. The van der Waals surface area contributed by atoms with Crippen LogP contribution in [0, 0.1) is 17.5 Å². The molecule has 2 rings (SSSR count). The maximum atomic E-state index is 13.5. The predicted molar refractivity (Wildman–Crippen MR) is 64.3 cm³/mol. The van der Waals surface area contributed by atoms with Gasteiger partial charge in [0.2, 0.25) is 0 Å². The van der Waals surface area contributed by atoms with Crippen molar-refractivity contribution in [2.75, 3.05) is 6.54 Å². The van der Waals surface area contributed by atoms with E-state index in [0.29, 0.717) is 12.1 Å². The van der Waals surface area contributed by atoms with Gasteiger partial charge in [0.15, 0.2) is 0 Å². The summed E-state index contributed by atoms with van der Waals surface area (Å²) in [5.74, 6) is -4.27. The van der Waals surface area contributed by atoms with Gasteiger partial charge in [0.25, 0.3) is 5.91 Å². The van der Waals surface area contributed by atoms with Crippen LogP contribution in [0.2, 0.25) is 0 Å². The van der Waals surface area contributed by atoms with Crippen LogP contribution < -0.4 is 10.6 Å². The molecule has 6 heteroatoms. The highest BCUT2D eigenvalue weighted by Gasteiger charge is 2.26. The van der Waals surface area contributed by atoms with Gasteiger partial charge < -0.3 is 10.6 Å². The van der Waals surface area contributed by atoms with Crippen molar-refractivity contribution in [2.45, 2.75) is 31.8 Å². The summed E-state index contributed by atoms with van der Waals surface area (Å²) in [7, 11) is 0. The Kier molecular flexibility index (Phi) is 4.09. The molecule has 0 aromatic heterocycles. The molecular formula is C13H15F3N2O. The topological polar surface area (TPSA) is 41.1 Å². The van der Waals surface area contributed by atoms with E-state index >= 15 is 0 Å². The van der Waals surface area contributed by atoms with Gasteiger partial charge in [0.1, 0.15) is 23.0 Å². The van der Waals surface area contributed by atoms with Crippen molar-refractivity contribution in [3.8, 4) is 0 Å². The van der Waals surface area contributed by atoms with Crippen molar-refractivity contribution in [2.24, 2.45) is 0 Å². The van der Waals surface area contributed by atoms with E-state index < -0.39 is 28.9 Å². The van der Waals surface area contributed by atoms with Gasteiger partial charge in [-0.1, -0.05) is 0 Å². The van der Waals surface area contributed by atoms with Crippen molar-refractivity contribution >= 4 is 5.91 Å². The molecule has 0 bridgehead atoms. The summed E-state index contributed by atoms with van der Waals surface area (Å²) in [5, 5.41) is 5.75. The fourth-order valence-corrected chi connectivity index (χ4v) is 2.24. The van der Waals surface area contributed by atoms with Gasteiger partial charge in [-0.25, -0.2) is 13.2 Å². The third-order valence-electron chi connectivity index (χ3n) is 3.31. The number of benzene rings is 1. The second-order valence-corrected chi connectivity index (χ2v) is 4.71. The Morgan fingerprint density at radius 3 is 2.53 bits per heavy atom. The molecule has 104 valence electrons. The summed E-state index contributed by atoms with van der Waals surface area (Å²) >= 11 is 0. The van der Waals surface area contributed by atoms with E-state index in [1.54, 1.807) is 0 Å². The Morgan fingerprint density at radius 2 is 1.95 bits per heavy atom. The molecule has 0 unspecified atom stereocenters. The van der Waals surface area contributed by atoms with Crippen molar-refractivity contribution in [3.63, 3.8) is 0 Å². The number of nitrogens with one attached hydrogen (secondary N) is 2. The van der Waals surface area contributed by atoms with Gasteiger partial charge in [0, 0.05) is 24.2 Å². The average molecular weight is 272 g/mol.